The number of hydrogen-bond donors (Lipinski definition) is 3. The second-order valence-electron chi connectivity index (χ2n) is 6.67. The van der Waals surface area contributed by atoms with Crippen LogP contribution in [0, 0.1) is 0 Å². The van der Waals surface area contributed by atoms with Crippen LogP contribution in [-0.4, -0.2) is 66.7 Å². The second-order valence-corrected chi connectivity index (χ2v) is 6.67. The fraction of sp³-hybridized carbons (Fsp3) is 0.500. The zero-order valence-electron chi connectivity index (χ0n) is 15.4. The average molecular weight is 355 g/mol. The minimum atomic E-state index is 0.383. The van der Waals surface area contributed by atoms with Gasteiger partial charge in [0.05, 0.1) is 5.69 Å². The fourth-order valence-electron chi connectivity index (χ4n) is 3.28. The van der Waals surface area contributed by atoms with Crippen LogP contribution in [0.15, 0.2) is 48.8 Å². The summed E-state index contributed by atoms with van der Waals surface area (Å²) in [5.74, 6) is 0. The molecule has 0 aliphatic carbocycles. The Labute approximate surface area is 156 Å². The molecule has 2 aromatic rings. The van der Waals surface area contributed by atoms with Crippen LogP contribution in [0.2, 0.25) is 0 Å². The fourth-order valence-corrected chi connectivity index (χ4v) is 3.28. The van der Waals surface area contributed by atoms with Crippen LogP contribution in [0.25, 0.3) is 0 Å². The van der Waals surface area contributed by atoms with Crippen LogP contribution >= 0.6 is 0 Å². The van der Waals surface area contributed by atoms with E-state index in [4.69, 9.17) is 0 Å². The summed E-state index contributed by atoms with van der Waals surface area (Å²) in [6.07, 6.45) is 4.70. The first kappa shape index (κ1) is 18.9. The van der Waals surface area contributed by atoms with Gasteiger partial charge in [0.15, 0.2) is 0 Å². The Morgan fingerprint density at radius 3 is 2.15 bits per heavy atom. The summed E-state index contributed by atoms with van der Waals surface area (Å²) >= 11 is 0. The number of aromatic nitrogens is 2. The minimum absolute atomic E-state index is 0.383. The van der Waals surface area contributed by atoms with Crippen molar-refractivity contribution < 1.29 is 0 Å². The van der Waals surface area contributed by atoms with Crippen molar-refractivity contribution >= 4 is 0 Å². The van der Waals surface area contributed by atoms with Crippen LogP contribution in [0.4, 0.5) is 0 Å². The molecule has 3 N–H and O–H groups in total. The lowest BCUT2D eigenvalue weighted by molar-refractivity contribution is 0.178. The predicted octanol–water partition coefficient (Wildman–Crippen LogP) is 0.672. The van der Waals surface area contributed by atoms with Gasteiger partial charge in [0.2, 0.25) is 0 Å². The molecule has 6 nitrogen and oxygen atoms in total. The quantitative estimate of drug-likeness (QED) is 0.750. The van der Waals surface area contributed by atoms with Gasteiger partial charge in [0.25, 0.3) is 0 Å². The lowest BCUT2D eigenvalue weighted by Crippen LogP contribution is -2.48. The third-order valence-corrected chi connectivity index (χ3v) is 4.69. The molecular formula is C20H30N6. The Hall–Kier alpha value is -1.86. The van der Waals surface area contributed by atoms with Gasteiger partial charge >= 0.3 is 0 Å². The van der Waals surface area contributed by atoms with E-state index >= 15 is 0 Å². The highest BCUT2D eigenvalue weighted by Gasteiger charge is 2.20. The number of nitrogens with zero attached hydrogens (tertiary/aromatic N) is 3. The van der Waals surface area contributed by atoms with E-state index in [1.165, 1.54) is 0 Å². The average Bonchev–Trinajstić information content (AvgIpc) is 2.68. The molecule has 0 amide bonds. The van der Waals surface area contributed by atoms with Crippen molar-refractivity contribution in [2.75, 3.05) is 45.8 Å². The number of nitrogens with one attached hydrogen (secondary N) is 3. The summed E-state index contributed by atoms with van der Waals surface area (Å²) < 4.78 is 0. The first-order valence-electron chi connectivity index (χ1n) is 9.58. The van der Waals surface area contributed by atoms with Crippen LogP contribution in [0.1, 0.15) is 11.4 Å². The monoisotopic (exact) mass is 354 g/mol. The first-order valence-corrected chi connectivity index (χ1v) is 9.58. The van der Waals surface area contributed by atoms with Crippen molar-refractivity contribution in [3.8, 4) is 0 Å². The summed E-state index contributed by atoms with van der Waals surface area (Å²) in [7, 11) is 0. The van der Waals surface area contributed by atoms with Gasteiger partial charge in [-0.15, -0.1) is 0 Å². The number of rotatable bonds is 4. The Morgan fingerprint density at radius 2 is 1.46 bits per heavy atom. The summed E-state index contributed by atoms with van der Waals surface area (Å²) in [5, 5.41) is 10.6. The molecule has 0 spiro atoms. The number of hydrogen-bond acceptors (Lipinski definition) is 6. The highest BCUT2D eigenvalue weighted by molar-refractivity contribution is 5.07. The van der Waals surface area contributed by atoms with Crippen molar-refractivity contribution in [2.45, 2.75) is 19.0 Å². The molecule has 1 aliphatic heterocycles. The molecule has 140 valence electrons. The Morgan fingerprint density at radius 1 is 0.808 bits per heavy atom. The molecule has 3 heterocycles. The molecular weight excluding hydrogens is 324 g/mol. The molecule has 1 unspecified atom stereocenters. The molecule has 0 radical (unpaired) electrons. The lowest BCUT2D eigenvalue weighted by atomic mass is 10.1. The molecule has 0 bridgehead atoms. The SMILES string of the molecule is c1ccc(CC2CNCCNCCNCCN2Cc2ccccn2)nc1. The van der Waals surface area contributed by atoms with E-state index in [2.05, 4.69) is 55.1 Å². The van der Waals surface area contributed by atoms with E-state index in [0.717, 1.165) is 70.2 Å². The molecule has 1 atom stereocenters. The Kier molecular flexibility index (Phi) is 7.99. The van der Waals surface area contributed by atoms with E-state index in [9.17, 15) is 0 Å². The second kappa shape index (κ2) is 11.0. The maximum absolute atomic E-state index is 4.55. The largest absolute Gasteiger partial charge is 0.314 e. The van der Waals surface area contributed by atoms with Gasteiger partial charge < -0.3 is 16.0 Å². The zero-order valence-corrected chi connectivity index (χ0v) is 15.4. The van der Waals surface area contributed by atoms with E-state index < -0.39 is 0 Å². The van der Waals surface area contributed by atoms with Gasteiger partial charge in [0.1, 0.15) is 0 Å². The van der Waals surface area contributed by atoms with Gasteiger partial charge in [0, 0.05) is 82.9 Å². The van der Waals surface area contributed by atoms with Crippen LogP contribution in [0.3, 0.4) is 0 Å². The summed E-state index contributed by atoms with van der Waals surface area (Å²) in [6.45, 7) is 7.78. The standard InChI is InChI=1S/C20H30N6/c1-3-7-24-18(5-1)15-20-16-23-12-11-21-9-10-22-13-14-26(20)17-19-6-2-4-8-25-19/h1-8,20-23H,9-17H2. The molecule has 6 heteroatoms. The van der Waals surface area contributed by atoms with Gasteiger partial charge in [-0.3, -0.25) is 14.9 Å². The van der Waals surface area contributed by atoms with Crippen LogP contribution in [0.5, 0.6) is 0 Å². The van der Waals surface area contributed by atoms with Gasteiger partial charge in [-0.1, -0.05) is 12.1 Å². The van der Waals surface area contributed by atoms with Gasteiger partial charge in [-0.2, -0.15) is 0 Å². The molecule has 1 fully saturated rings. The maximum atomic E-state index is 4.55. The third-order valence-electron chi connectivity index (χ3n) is 4.69. The van der Waals surface area contributed by atoms with E-state index in [0.29, 0.717) is 6.04 Å². The van der Waals surface area contributed by atoms with Crippen LogP contribution in [-0.2, 0) is 13.0 Å². The molecule has 2 aromatic heterocycles. The molecule has 26 heavy (non-hydrogen) atoms. The van der Waals surface area contributed by atoms with E-state index in [1.807, 2.05) is 24.5 Å². The van der Waals surface area contributed by atoms with Crippen molar-refractivity contribution in [2.24, 2.45) is 0 Å². The lowest BCUT2D eigenvalue weighted by Gasteiger charge is -2.32. The smallest absolute Gasteiger partial charge is 0.0544 e. The van der Waals surface area contributed by atoms with Crippen molar-refractivity contribution in [3.05, 3.63) is 60.2 Å². The van der Waals surface area contributed by atoms with Crippen molar-refractivity contribution in [3.63, 3.8) is 0 Å². The Bertz CT molecular complexity index is 551. The topological polar surface area (TPSA) is 65.1 Å². The molecule has 1 saturated heterocycles. The highest BCUT2D eigenvalue weighted by atomic mass is 15.2. The highest BCUT2D eigenvalue weighted by Crippen LogP contribution is 2.11. The molecule has 1 aliphatic rings. The summed E-state index contributed by atoms with van der Waals surface area (Å²) in [6, 6.07) is 12.7. The van der Waals surface area contributed by atoms with E-state index in [1.54, 1.807) is 0 Å². The predicted molar refractivity (Wildman–Crippen MR) is 105 cm³/mol. The molecule has 0 aromatic carbocycles. The van der Waals surface area contributed by atoms with Crippen LogP contribution < -0.4 is 16.0 Å². The van der Waals surface area contributed by atoms with Crippen molar-refractivity contribution in [1.29, 1.82) is 0 Å². The van der Waals surface area contributed by atoms with Crippen molar-refractivity contribution in [1.82, 2.24) is 30.8 Å². The van der Waals surface area contributed by atoms with Gasteiger partial charge in [-0.25, -0.2) is 0 Å². The normalized spacial score (nSPS) is 20.8. The third kappa shape index (κ3) is 6.46. The Balaban J connectivity index is 1.72. The first-order chi connectivity index (χ1) is 12.9. The molecule has 3 rings (SSSR count). The number of pyridine rings is 2. The zero-order chi connectivity index (χ0) is 17.9. The summed E-state index contributed by atoms with van der Waals surface area (Å²) in [4.78, 5) is 11.6. The van der Waals surface area contributed by atoms with Gasteiger partial charge in [-0.05, 0) is 24.3 Å². The van der Waals surface area contributed by atoms with E-state index in [-0.39, 0.29) is 0 Å². The minimum Gasteiger partial charge on any atom is -0.314 e. The summed E-state index contributed by atoms with van der Waals surface area (Å²) in [5.41, 5.74) is 2.26. The molecule has 0 saturated carbocycles. The maximum Gasteiger partial charge on any atom is 0.0544 e.